The Balaban J connectivity index is 1.46. The fourth-order valence-electron chi connectivity index (χ4n) is 4.94. The predicted molar refractivity (Wildman–Crippen MR) is 124 cm³/mol. The van der Waals surface area contributed by atoms with Crippen molar-refractivity contribution in [1.82, 2.24) is 9.97 Å². The molecule has 2 aliphatic rings. The minimum atomic E-state index is -0.963. The van der Waals surface area contributed by atoms with Crippen LogP contribution in [-0.2, 0) is 30.5 Å². The van der Waals surface area contributed by atoms with Gasteiger partial charge in [0.2, 0.25) is 5.91 Å². The Hall–Kier alpha value is -3.35. The third-order valence-electron chi connectivity index (χ3n) is 6.62. The van der Waals surface area contributed by atoms with Crippen LogP contribution in [0, 0.1) is 17.6 Å². The van der Waals surface area contributed by atoms with Gasteiger partial charge in [0.25, 0.3) is 0 Å². The molecular weight excluding hydrogens is 422 g/mol. The Morgan fingerprint density at radius 1 is 1.03 bits per heavy atom. The molecule has 0 spiro atoms. The van der Waals surface area contributed by atoms with E-state index in [0.29, 0.717) is 23.7 Å². The first-order valence-electron chi connectivity index (χ1n) is 11.5. The molecule has 0 atom stereocenters. The monoisotopic (exact) mass is 448 g/mol. The van der Waals surface area contributed by atoms with E-state index < -0.39 is 11.6 Å². The van der Waals surface area contributed by atoms with Gasteiger partial charge >= 0.3 is 0 Å². The molecular formula is C26H26F2N4O. The number of rotatable bonds is 5. The Bertz CT molecular complexity index is 1220. The van der Waals surface area contributed by atoms with Gasteiger partial charge in [-0.2, -0.15) is 0 Å². The molecule has 2 aliphatic carbocycles. The van der Waals surface area contributed by atoms with Crippen LogP contribution in [0.2, 0.25) is 0 Å². The van der Waals surface area contributed by atoms with Crippen molar-refractivity contribution in [2.75, 3.05) is 11.1 Å². The van der Waals surface area contributed by atoms with Gasteiger partial charge in [-0.3, -0.25) is 4.79 Å². The summed E-state index contributed by atoms with van der Waals surface area (Å²) in [6.45, 7) is 0. The molecule has 0 radical (unpaired) electrons. The van der Waals surface area contributed by atoms with Gasteiger partial charge in [-0.1, -0.05) is 37.8 Å². The zero-order valence-electron chi connectivity index (χ0n) is 18.3. The summed E-state index contributed by atoms with van der Waals surface area (Å²) >= 11 is 0. The van der Waals surface area contributed by atoms with Crippen molar-refractivity contribution in [2.45, 2.75) is 51.4 Å². The molecule has 0 saturated heterocycles. The maximum Gasteiger partial charge on any atom is 0.229 e. The van der Waals surface area contributed by atoms with E-state index in [2.05, 4.69) is 5.32 Å². The molecule has 0 unspecified atom stereocenters. The highest BCUT2D eigenvalue weighted by Gasteiger charge is 2.25. The number of benzene rings is 2. The van der Waals surface area contributed by atoms with Gasteiger partial charge in [-0.15, -0.1) is 0 Å². The van der Waals surface area contributed by atoms with Crippen LogP contribution >= 0.6 is 0 Å². The number of halogens is 2. The molecule has 2 aromatic carbocycles. The summed E-state index contributed by atoms with van der Waals surface area (Å²) in [6.07, 6.45) is 6.93. The van der Waals surface area contributed by atoms with Gasteiger partial charge in [0.15, 0.2) is 17.5 Å². The van der Waals surface area contributed by atoms with Gasteiger partial charge in [0.05, 0.1) is 23.5 Å². The first-order valence-corrected chi connectivity index (χ1v) is 11.5. The Morgan fingerprint density at radius 3 is 2.64 bits per heavy atom. The number of anilines is 2. The molecule has 7 heteroatoms. The van der Waals surface area contributed by atoms with Crippen molar-refractivity contribution in [3.8, 4) is 11.3 Å². The van der Waals surface area contributed by atoms with E-state index in [4.69, 9.17) is 15.7 Å². The van der Waals surface area contributed by atoms with Crippen molar-refractivity contribution in [3.05, 3.63) is 70.5 Å². The van der Waals surface area contributed by atoms with Gasteiger partial charge in [0.1, 0.15) is 0 Å². The van der Waals surface area contributed by atoms with Crippen LogP contribution in [0.25, 0.3) is 11.3 Å². The zero-order valence-corrected chi connectivity index (χ0v) is 18.3. The summed E-state index contributed by atoms with van der Waals surface area (Å²) < 4.78 is 26.8. The van der Waals surface area contributed by atoms with Crippen molar-refractivity contribution >= 4 is 17.4 Å². The highest BCUT2D eigenvalue weighted by Crippen LogP contribution is 2.36. The molecule has 0 bridgehead atoms. The SMILES string of the molecule is Nc1ccc2c(c1)CCc1nc(NC(=O)Cc3ccc(F)c(F)c3)c(CC3CCCC3)nc1-2. The van der Waals surface area contributed by atoms with Gasteiger partial charge < -0.3 is 11.1 Å². The van der Waals surface area contributed by atoms with E-state index in [1.165, 1.54) is 24.5 Å². The summed E-state index contributed by atoms with van der Waals surface area (Å²) in [5.74, 6) is -1.22. The highest BCUT2D eigenvalue weighted by molar-refractivity contribution is 5.92. The van der Waals surface area contributed by atoms with Gasteiger partial charge in [-0.05, 0) is 60.6 Å². The van der Waals surface area contributed by atoms with Crippen molar-refractivity contribution < 1.29 is 13.6 Å². The van der Waals surface area contributed by atoms with Crippen molar-refractivity contribution in [3.63, 3.8) is 0 Å². The number of aryl methyl sites for hydroxylation is 2. The van der Waals surface area contributed by atoms with E-state index in [9.17, 15) is 13.6 Å². The van der Waals surface area contributed by atoms with Crippen LogP contribution in [0.3, 0.4) is 0 Å². The maximum absolute atomic E-state index is 13.5. The number of hydrogen-bond acceptors (Lipinski definition) is 4. The number of nitrogens with two attached hydrogens (primary N) is 1. The molecule has 1 amide bonds. The number of nitrogens with zero attached hydrogens (tertiary/aromatic N) is 2. The second-order valence-electron chi connectivity index (χ2n) is 9.06. The summed E-state index contributed by atoms with van der Waals surface area (Å²) in [6, 6.07) is 9.37. The average molecular weight is 449 g/mol. The normalized spacial score (nSPS) is 15.2. The summed E-state index contributed by atoms with van der Waals surface area (Å²) in [5.41, 5.74) is 11.8. The summed E-state index contributed by atoms with van der Waals surface area (Å²) in [5, 5.41) is 2.90. The smallest absolute Gasteiger partial charge is 0.229 e. The number of carbonyl (C=O) groups excluding carboxylic acids is 1. The number of hydrogen-bond donors (Lipinski definition) is 2. The molecule has 1 aromatic heterocycles. The minimum Gasteiger partial charge on any atom is -0.399 e. The first kappa shape index (κ1) is 21.5. The molecule has 5 rings (SSSR count). The largest absolute Gasteiger partial charge is 0.399 e. The maximum atomic E-state index is 13.5. The zero-order chi connectivity index (χ0) is 22.9. The first-order chi connectivity index (χ1) is 16.0. The third-order valence-corrected chi connectivity index (χ3v) is 6.62. The molecule has 170 valence electrons. The van der Waals surface area contributed by atoms with E-state index >= 15 is 0 Å². The van der Waals surface area contributed by atoms with E-state index in [0.717, 1.165) is 66.1 Å². The van der Waals surface area contributed by atoms with E-state index in [1.54, 1.807) is 0 Å². The molecule has 5 nitrogen and oxygen atoms in total. The van der Waals surface area contributed by atoms with Crippen LogP contribution in [0.5, 0.6) is 0 Å². The van der Waals surface area contributed by atoms with E-state index in [-0.39, 0.29) is 12.3 Å². The molecule has 1 saturated carbocycles. The van der Waals surface area contributed by atoms with Gasteiger partial charge in [0, 0.05) is 11.3 Å². The molecule has 1 heterocycles. The fraction of sp³-hybridized carbons (Fsp3) is 0.346. The summed E-state index contributed by atoms with van der Waals surface area (Å²) in [4.78, 5) is 22.6. The molecule has 1 fully saturated rings. The number of carbonyl (C=O) groups is 1. The number of amides is 1. The van der Waals surface area contributed by atoms with Crippen LogP contribution in [0.1, 0.15) is 48.2 Å². The molecule has 0 aliphatic heterocycles. The average Bonchev–Trinajstić information content (AvgIpc) is 3.29. The molecule has 3 aromatic rings. The lowest BCUT2D eigenvalue weighted by atomic mass is 9.91. The topological polar surface area (TPSA) is 80.9 Å². The Kier molecular flexibility index (Phi) is 5.79. The van der Waals surface area contributed by atoms with Crippen LogP contribution < -0.4 is 11.1 Å². The number of nitrogens with one attached hydrogen (secondary N) is 1. The quantitative estimate of drug-likeness (QED) is 0.537. The predicted octanol–water partition coefficient (Wildman–Crippen LogP) is 5.02. The Morgan fingerprint density at radius 2 is 1.85 bits per heavy atom. The van der Waals surface area contributed by atoms with Crippen molar-refractivity contribution in [1.29, 1.82) is 0 Å². The number of aromatic nitrogens is 2. The number of nitrogen functional groups attached to an aromatic ring is 1. The third kappa shape index (κ3) is 4.58. The minimum absolute atomic E-state index is 0.0685. The number of fused-ring (bicyclic) bond motifs is 3. The van der Waals surface area contributed by atoms with Crippen LogP contribution in [-0.4, -0.2) is 15.9 Å². The summed E-state index contributed by atoms with van der Waals surface area (Å²) in [7, 11) is 0. The Labute approximate surface area is 191 Å². The van der Waals surface area contributed by atoms with Crippen LogP contribution in [0.4, 0.5) is 20.3 Å². The fourth-order valence-corrected chi connectivity index (χ4v) is 4.94. The lowest BCUT2D eigenvalue weighted by Crippen LogP contribution is -2.20. The highest BCUT2D eigenvalue weighted by atomic mass is 19.2. The van der Waals surface area contributed by atoms with Crippen LogP contribution in [0.15, 0.2) is 36.4 Å². The van der Waals surface area contributed by atoms with Crippen molar-refractivity contribution in [2.24, 2.45) is 5.92 Å². The lowest BCUT2D eigenvalue weighted by molar-refractivity contribution is -0.115. The standard InChI is InChI=1S/C26H26F2N4O/c27-20-9-5-16(11-21(20)28)13-24(33)32-26-23(12-15-3-1-2-4-15)30-25-19-8-7-18(29)14-17(19)6-10-22(25)31-26/h5,7-9,11,14-15H,1-4,6,10,12-13,29H2,(H,31,32,33). The van der Waals surface area contributed by atoms with Gasteiger partial charge in [-0.25, -0.2) is 18.7 Å². The lowest BCUT2D eigenvalue weighted by Gasteiger charge is -2.22. The van der Waals surface area contributed by atoms with E-state index in [1.807, 2.05) is 18.2 Å². The molecule has 33 heavy (non-hydrogen) atoms. The molecule has 3 N–H and O–H groups in total. The second kappa shape index (κ2) is 8.89. The second-order valence-corrected chi connectivity index (χ2v) is 9.06.